The number of benzene rings is 1. The average Bonchev–Trinajstić information content (AvgIpc) is 2.25. The Morgan fingerprint density at radius 3 is 2.44 bits per heavy atom. The fourth-order valence-corrected chi connectivity index (χ4v) is 3.83. The standard InChI is InChI=1S/C10H12ClNO4S2/c1-17(13,14)12-6-2-3-8-7-9(18(11,15)16)4-5-10(8)12/h4-5,7H,2-3,6H2,1H3. The molecule has 0 saturated heterocycles. The van der Waals surface area contributed by atoms with Crippen LogP contribution < -0.4 is 4.31 Å². The zero-order valence-corrected chi connectivity index (χ0v) is 12.0. The SMILES string of the molecule is CS(=O)(=O)N1CCCc2cc(S(=O)(=O)Cl)ccc21. The number of anilines is 1. The molecule has 0 aliphatic carbocycles. The molecule has 18 heavy (non-hydrogen) atoms. The first kappa shape index (κ1) is 13.6. The predicted molar refractivity (Wildman–Crippen MR) is 70.0 cm³/mol. The van der Waals surface area contributed by atoms with Crippen molar-refractivity contribution < 1.29 is 16.8 Å². The maximum absolute atomic E-state index is 11.6. The molecule has 1 aliphatic heterocycles. The van der Waals surface area contributed by atoms with E-state index in [2.05, 4.69) is 0 Å². The van der Waals surface area contributed by atoms with Crippen molar-refractivity contribution in [3.63, 3.8) is 0 Å². The second kappa shape index (κ2) is 4.40. The van der Waals surface area contributed by atoms with Crippen LogP contribution in [0.1, 0.15) is 12.0 Å². The van der Waals surface area contributed by atoms with E-state index in [4.69, 9.17) is 10.7 Å². The van der Waals surface area contributed by atoms with Gasteiger partial charge in [-0.2, -0.15) is 0 Å². The van der Waals surface area contributed by atoms with E-state index in [-0.39, 0.29) is 4.90 Å². The van der Waals surface area contributed by atoms with E-state index in [9.17, 15) is 16.8 Å². The summed E-state index contributed by atoms with van der Waals surface area (Å²) in [6, 6.07) is 4.25. The fourth-order valence-electron chi connectivity index (χ4n) is 2.04. The van der Waals surface area contributed by atoms with Crippen LogP contribution in [0.5, 0.6) is 0 Å². The third-order valence-corrected chi connectivity index (χ3v) is 5.34. The number of halogens is 1. The normalized spacial score (nSPS) is 16.4. The van der Waals surface area contributed by atoms with Crippen LogP contribution in [0.4, 0.5) is 5.69 Å². The molecule has 0 fully saturated rings. The number of aryl methyl sites for hydroxylation is 1. The summed E-state index contributed by atoms with van der Waals surface area (Å²) in [5, 5.41) is 0. The van der Waals surface area contributed by atoms with Crippen molar-refractivity contribution in [3.8, 4) is 0 Å². The third kappa shape index (κ3) is 2.62. The topological polar surface area (TPSA) is 71.5 Å². The zero-order chi connectivity index (χ0) is 13.6. The molecule has 0 atom stereocenters. The Morgan fingerprint density at radius 2 is 1.89 bits per heavy atom. The molecule has 0 bridgehead atoms. The molecule has 0 saturated carbocycles. The van der Waals surface area contributed by atoms with Gasteiger partial charge in [0, 0.05) is 17.2 Å². The van der Waals surface area contributed by atoms with Gasteiger partial charge in [-0.3, -0.25) is 4.31 Å². The van der Waals surface area contributed by atoms with Crippen molar-refractivity contribution >= 4 is 35.4 Å². The van der Waals surface area contributed by atoms with Crippen LogP contribution in [0.3, 0.4) is 0 Å². The largest absolute Gasteiger partial charge is 0.270 e. The molecule has 0 N–H and O–H groups in total. The van der Waals surface area contributed by atoms with Gasteiger partial charge in [0.25, 0.3) is 9.05 Å². The lowest BCUT2D eigenvalue weighted by molar-refractivity contribution is 0.592. The summed E-state index contributed by atoms with van der Waals surface area (Å²) in [6.07, 6.45) is 2.43. The van der Waals surface area contributed by atoms with E-state index in [1.165, 1.54) is 22.5 Å². The highest BCUT2D eigenvalue weighted by Gasteiger charge is 2.25. The summed E-state index contributed by atoms with van der Waals surface area (Å²) in [5.41, 5.74) is 1.22. The molecule has 1 aliphatic rings. The molecule has 1 aromatic carbocycles. The Bertz CT molecular complexity index is 682. The van der Waals surface area contributed by atoms with E-state index in [1.54, 1.807) is 0 Å². The van der Waals surface area contributed by atoms with Gasteiger partial charge in [-0.25, -0.2) is 16.8 Å². The van der Waals surface area contributed by atoms with Gasteiger partial charge in [0.1, 0.15) is 0 Å². The highest BCUT2D eigenvalue weighted by molar-refractivity contribution is 8.13. The highest BCUT2D eigenvalue weighted by Crippen LogP contribution is 2.31. The quantitative estimate of drug-likeness (QED) is 0.773. The summed E-state index contributed by atoms with van der Waals surface area (Å²) in [5.74, 6) is 0. The average molecular weight is 310 g/mol. The number of rotatable bonds is 2. The second-order valence-electron chi connectivity index (χ2n) is 4.17. The van der Waals surface area contributed by atoms with Crippen LogP contribution in [-0.2, 0) is 25.5 Å². The third-order valence-electron chi connectivity index (χ3n) is 2.81. The fraction of sp³-hybridized carbons (Fsp3) is 0.400. The van der Waals surface area contributed by atoms with Crippen LogP contribution in [0.15, 0.2) is 23.1 Å². The number of sulfonamides is 1. The van der Waals surface area contributed by atoms with Gasteiger partial charge in [-0.1, -0.05) is 0 Å². The lowest BCUT2D eigenvalue weighted by atomic mass is 10.0. The first-order valence-electron chi connectivity index (χ1n) is 5.25. The monoisotopic (exact) mass is 309 g/mol. The van der Waals surface area contributed by atoms with Gasteiger partial charge in [0.2, 0.25) is 10.0 Å². The Morgan fingerprint density at radius 1 is 1.22 bits per heavy atom. The van der Waals surface area contributed by atoms with Gasteiger partial charge in [0.05, 0.1) is 16.8 Å². The van der Waals surface area contributed by atoms with E-state index in [0.717, 1.165) is 6.26 Å². The Balaban J connectivity index is 2.57. The van der Waals surface area contributed by atoms with Crippen molar-refractivity contribution in [2.75, 3.05) is 17.1 Å². The van der Waals surface area contributed by atoms with E-state index in [0.29, 0.717) is 30.6 Å². The van der Waals surface area contributed by atoms with Gasteiger partial charge in [0.15, 0.2) is 0 Å². The number of nitrogens with zero attached hydrogens (tertiary/aromatic N) is 1. The molecule has 2 rings (SSSR count). The summed E-state index contributed by atoms with van der Waals surface area (Å²) in [7, 11) is -1.85. The summed E-state index contributed by atoms with van der Waals surface area (Å²) < 4.78 is 47.0. The molecule has 8 heteroatoms. The van der Waals surface area contributed by atoms with Gasteiger partial charge >= 0.3 is 0 Å². The van der Waals surface area contributed by atoms with E-state index < -0.39 is 19.1 Å². The molecule has 0 amide bonds. The van der Waals surface area contributed by atoms with Crippen LogP contribution >= 0.6 is 10.7 Å². The number of hydrogen-bond acceptors (Lipinski definition) is 4. The minimum atomic E-state index is -3.79. The first-order valence-corrected chi connectivity index (χ1v) is 9.40. The van der Waals surface area contributed by atoms with Crippen molar-refractivity contribution in [2.24, 2.45) is 0 Å². The van der Waals surface area contributed by atoms with E-state index in [1.807, 2.05) is 0 Å². The molecule has 0 unspecified atom stereocenters. The molecule has 0 spiro atoms. The number of hydrogen-bond donors (Lipinski definition) is 0. The number of fused-ring (bicyclic) bond motifs is 1. The summed E-state index contributed by atoms with van der Waals surface area (Å²) in [4.78, 5) is -0.00160. The van der Waals surface area contributed by atoms with Crippen molar-refractivity contribution in [1.82, 2.24) is 0 Å². The predicted octanol–water partition coefficient (Wildman–Crippen LogP) is 1.33. The minimum Gasteiger partial charge on any atom is -0.270 e. The van der Waals surface area contributed by atoms with Crippen molar-refractivity contribution in [3.05, 3.63) is 23.8 Å². The first-order chi connectivity index (χ1) is 8.19. The van der Waals surface area contributed by atoms with Gasteiger partial charge < -0.3 is 0 Å². The molecular weight excluding hydrogens is 298 g/mol. The molecular formula is C10H12ClNO4S2. The van der Waals surface area contributed by atoms with Crippen LogP contribution in [0.2, 0.25) is 0 Å². The van der Waals surface area contributed by atoms with Crippen molar-refractivity contribution in [2.45, 2.75) is 17.7 Å². The smallest absolute Gasteiger partial charge is 0.261 e. The Labute approximate surface area is 111 Å². The zero-order valence-electron chi connectivity index (χ0n) is 9.63. The molecule has 0 radical (unpaired) electrons. The van der Waals surface area contributed by atoms with E-state index >= 15 is 0 Å². The molecule has 5 nitrogen and oxygen atoms in total. The van der Waals surface area contributed by atoms with Gasteiger partial charge in [-0.15, -0.1) is 0 Å². The maximum Gasteiger partial charge on any atom is 0.261 e. The lowest BCUT2D eigenvalue weighted by Gasteiger charge is -2.29. The Hall–Kier alpha value is -0.790. The molecule has 1 aromatic rings. The molecule has 0 aromatic heterocycles. The molecule has 1 heterocycles. The summed E-state index contributed by atoms with van der Waals surface area (Å²) in [6.45, 7) is 0.415. The van der Waals surface area contributed by atoms with Crippen LogP contribution in [0.25, 0.3) is 0 Å². The molecule has 100 valence electrons. The van der Waals surface area contributed by atoms with Crippen molar-refractivity contribution in [1.29, 1.82) is 0 Å². The lowest BCUT2D eigenvalue weighted by Crippen LogP contribution is -2.34. The Kier molecular flexibility index (Phi) is 3.33. The van der Waals surface area contributed by atoms with Crippen LogP contribution in [0, 0.1) is 0 Å². The second-order valence-corrected chi connectivity index (χ2v) is 8.64. The van der Waals surface area contributed by atoms with Crippen LogP contribution in [-0.4, -0.2) is 29.6 Å². The summed E-state index contributed by atoms with van der Waals surface area (Å²) >= 11 is 0. The highest BCUT2D eigenvalue weighted by atomic mass is 35.7. The van der Waals surface area contributed by atoms with Gasteiger partial charge in [-0.05, 0) is 36.6 Å². The maximum atomic E-state index is 11.6. The minimum absolute atomic E-state index is 0.00160.